The lowest BCUT2D eigenvalue weighted by Gasteiger charge is -2.10. The molecule has 0 radical (unpaired) electrons. The molecule has 0 amide bonds. The van der Waals surface area contributed by atoms with E-state index in [1.54, 1.807) is 12.3 Å². The largest absolute Gasteiger partial charge is 0.310 e. The third-order valence-electron chi connectivity index (χ3n) is 2.73. The maximum Gasteiger partial charge on any atom is 0.217 e. The Morgan fingerprint density at radius 3 is 2.89 bits per heavy atom. The van der Waals surface area contributed by atoms with Crippen LogP contribution in [0.25, 0.3) is 5.69 Å². The van der Waals surface area contributed by atoms with Crippen molar-refractivity contribution < 1.29 is 4.39 Å². The fraction of sp³-hybridized carbons (Fsp3) is 0.286. The van der Waals surface area contributed by atoms with E-state index in [2.05, 4.69) is 10.3 Å². The number of rotatable bonds is 4. The van der Waals surface area contributed by atoms with Gasteiger partial charge >= 0.3 is 0 Å². The Balaban J connectivity index is 2.27. The SMILES string of the molecule is CC(C)NCc1ccc(-n2ccnc2C#N)c(F)c1. The number of nitrogens with one attached hydrogen (secondary N) is 1. The molecule has 0 aliphatic heterocycles. The topological polar surface area (TPSA) is 53.6 Å². The number of aromatic nitrogens is 2. The van der Waals surface area contributed by atoms with Gasteiger partial charge in [0.1, 0.15) is 11.9 Å². The average Bonchev–Trinajstić information content (AvgIpc) is 2.84. The second kappa shape index (κ2) is 5.63. The third-order valence-corrected chi connectivity index (χ3v) is 2.73. The number of benzene rings is 1. The summed E-state index contributed by atoms with van der Waals surface area (Å²) in [7, 11) is 0. The molecule has 4 nitrogen and oxygen atoms in total. The van der Waals surface area contributed by atoms with Gasteiger partial charge in [0.15, 0.2) is 0 Å². The van der Waals surface area contributed by atoms with Crippen molar-refractivity contribution in [3.05, 3.63) is 47.8 Å². The maximum absolute atomic E-state index is 14.1. The van der Waals surface area contributed by atoms with Crippen molar-refractivity contribution in [3.8, 4) is 11.8 Å². The standard InChI is InChI=1S/C14H15FN4/c1-10(2)18-9-11-3-4-13(12(15)7-11)19-6-5-17-14(19)8-16/h3-7,10,18H,9H2,1-2H3. The first-order chi connectivity index (χ1) is 9.11. The number of nitrogens with zero attached hydrogens (tertiary/aromatic N) is 3. The van der Waals surface area contributed by atoms with Crippen LogP contribution in [0.2, 0.25) is 0 Å². The summed E-state index contributed by atoms with van der Waals surface area (Å²) < 4.78 is 15.5. The van der Waals surface area contributed by atoms with E-state index < -0.39 is 0 Å². The Bertz CT molecular complexity index is 610. The second-order valence-electron chi connectivity index (χ2n) is 4.55. The van der Waals surface area contributed by atoms with E-state index in [-0.39, 0.29) is 11.6 Å². The van der Waals surface area contributed by atoms with Gasteiger partial charge in [-0.3, -0.25) is 4.57 Å². The van der Waals surface area contributed by atoms with Crippen LogP contribution < -0.4 is 5.32 Å². The van der Waals surface area contributed by atoms with Gasteiger partial charge in [0, 0.05) is 25.0 Å². The predicted octanol–water partition coefficient (Wildman–Crippen LogP) is 2.38. The Morgan fingerprint density at radius 1 is 1.47 bits per heavy atom. The summed E-state index contributed by atoms with van der Waals surface area (Å²) >= 11 is 0. The van der Waals surface area contributed by atoms with Gasteiger partial charge in [0.25, 0.3) is 0 Å². The highest BCUT2D eigenvalue weighted by atomic mass is 19.1. The fourth-order valence-corrected chi connectivity index (χ4v) is 1.76. The van der Waals surface area contributed by atoms with E-state index in [4.69, 9.17) is 5.26 Å². The van der Waals surface area contributed by atoms with Crippen molar-refractivity contribution >= 4 is 0 Å². The quantitative estimate of drug-likeness (QED) is 0.916. The molecule has 1 aromatic heterocycles. The van der Waals surface area contributed by atoms with Gasteiger partial charge in [-0.15, -0.1) is 0 Å². The molecule has 0 saturated carbocycles. The van der Waals surface area contributed by atoms with Gasteiger partial charge in [0.05, 0.1) is 5.69 Å². The monoisotopic (exact) mass is 258 g/mol. The van der Waals surface area contributed by atoms with E-state index in [0.29, 0.717) is 18.3 Å². The van der Waals surface area contributed by atoms with Crippen LogP contribution in [-0.2, 0) is 6.54 Å². The summed E-state index contributed by atoms with van der Waals surface area (Å²) in [6, 6.07) is 7.26. The summed E-state index contributed by atoms with van der Waals surface area (Å²) in [5.41, 5.74) is 1.20. The van der Waals surface area contributed by atoms with Crippen LogP contribution in [-0.4, -0.2) is 15.6 Å². The van der Waals surface area contributed by atoms with Gasteiger partial charge in [-0.25, -0.2) is 9.37 Å². The van der Waals surface area contributed by atoms with Gasteiger partial charge in [-0.2, -0.15) is 5.26 Å². The van der Waals surface area contributed by atoms with Crippen LogP contribution >= 0.6 is 0 Å². The van der Waals surface area contributed by atoms with Gasteiger partial charge in [-0.05, 0) is 17.7 Å². The minimum Gasteiger partial charge on any atom is -0.310 e. The lowest BCUT2D eigenvalue weighted by molar-refractivity contribution is 0.579. The van der Waals surface area contributed by atoms with E-state index >= 15 is 0 Å². The molecule has 0 fully saturated rings. The predicted molar refractivity (Wildman–Crippen MR) is 70.2 cm³/mol. The zero-order valence-electron chi connectivity index (χ0n) is 10.9. The highest BCUT2D eigenvalue weighted by molar-refractivity contribution is 5.39. The zero-order valence-corrected chi connectivity index (χ0v) is 10.9. The van der Waals surface area contributed by atoms with Crippen LogP contribution in [0.4, 0.5) is 4.39 Å². The zero-order chi connectivity index (χ0) is 13.8. The molecule has 0 spiro atoms. The molecule has 0 aliphatic rings. The van der Waals surface area contributed by atoms with Gasteiger partial charge in [0.2, 0.25) is 5.82 Å². The smallest absolute Gasteiger partial charge is 0.217 e. The Labute approximate surface area is 111 Å². The summed E-state index contributed by atoms with van der Waals surface area (Å²) in [6.45, 7) is 4.69. The molecular weight excluding hydrogens is 243 g/mol. The number of nitriles is 1. The first-order valence-electron chi connectivity index (χ1n) is 6.07. The lowest BCUT2D eigenvalue weighted by Crippen LogP contribution is -2.21. The molecule has 0 aliphatic carbocycles. The minimum absolute atomic E-state index is 0.173. The minimum atomic E-state index is -0.363. The summed E-state index contributed by atoms with van der Waals surface area (Å²) in [4.78, 5) is 3.86. The molecule has 1 aromatic carbocycles. The second-order valence-corrected chi connectivity index (χ2v) is 4.55. The molecule has 0 unspecified atom stereocenters. The van der Waals surface area contributed by atoms with Crippen molar-refractivity contribution in [1.82, 2.24) is 14.9 Å². The van der Waals surface area contributed by atoms with Crippen molar-refractivity contribution in [2.75, 3.05) is 0 Å². The Kier molecular flexibility index (Phi) is 3.93. The van der Waals surface area contributed by atoms with Crippen LogP contribution in [0.5, 0.6) is 0 Å². The molecular formula is C14H15FN4. The molecule has 0 atom stereocenters. The third kappa shape index (κ3) is 2.98. The number of halogens is 1. The van der Waals surface area contributed by atoms with Crippen molar-refractivity contribution in [3.63, 3.8) is 0 Å². The van der Waals surface area contributed by atoms with E-state index in [1.807, 2.05) is 26.0 Å². The maximum atomic E-state index is 14.1. The van der Waals surface area contributed by atoms with E-state index in [1.165, 1.54) is 16.8 Å². The first-order valence-corrected chi connectivity index (χ1v) is 6.07. The molecule has 1 N–H and O–H groups in total. The molecule has 1 heterocycles. The number of hydrogen-bond acceptors (Lipinski definition) is 3. The lowest BCUT2D eigenvalue weighted by atomic mass is 10.2. The molecule has 98 valence electrons. The van der Waals surface area contributed by atoms with Crippen LogP contribution in [0, 0.1) is 17.1 Å². The molecule has 2 aromatic rings. The fourth-order valence-electron chi connectivity index (χ4n) is 1.76. The summed E-state index contributed by atoms with van der Waals surface area (Å²) in [5.74, 6) is -0.190. The molecule has 5 heteroatoms. The molecule has 19 heavy (non-hydrogen) atoms. The van der Waals surface area contributed by atoms with Crippen LogP contribution in [0.15, 0.2) is 30.6 Å². The van der Waals surface area contributed by atoms with E-state index in [0.717, 1.165) is 5.56 Å². The Hall–Kier alpha value is -2.19. The summed E-state index contributed by atoms with van der Waals surface area (Å²) in [6.07, 6.45) is 3.05. The first kappa shape index (κ1) is 13.2. The molecule has 0 saturated heterocycles. The average molecular weight is 258 g/mol. The van der Waals surface area contributed by atoms with Gasteiger partial charge < -0.3 is 5.32 Å². The van der Waals surface area contributed by atoms with Crippen molar-refractivity contribution in [2.45, 2.75) is 26.4 Å². The van der Waals surface area contributed by atoms with E-state index in [9.17, 15) is 4.39 Å². The van der Waals surface area contributed by atoms with Crippen LogP contribution in [0.3, 0.4) is 0 Å². The molecule has 2 rings (SSSR count). The van der Waals surface area contributed by atoms with Gasteiger partial charge in [-0.1, -0.05) is 19.9 Å². The van der Waals surface area contributed by atoms with Crippen molar-refractivity contribution in [1.29, 1.82) is 5.26 Å². The summed E-state index contributed by atoms with van der Waals surface area (Å²) in [5, 5.41) is 12.1. The number of imidazole rings is 1. The Morgan fingerprint density at radius 2 is 2.26 bits per heavy atom. The highest BCUT2D eigenvalue weighted by Crippen LogP contribution is 2.16. The highest BCUT2D eigenvalue weighted by Gasteiger charge is 2.09. The molecule has 0 bridgehead atoms. The normalized spacial score (nSPS) is 10.7. The van der Waals surface area contributed by atoms with Crippen LogP contribution in [0.1, 0.15) is 25.2 Å². The van der Waals surface area contributed by atoms with Crippen molar-refractivity contribution in [2.24, 2.45) is 0 Å². The number of hydrogen-bond donors (Lipinski definition) is 1.